The Labute approximate surface area is 200 Å². The molecule has 7 nitrogen and oxygen atoms in total. The fourth-order valence-electron chi connectivity index (χ4n) is 3.79. The third-order valence-corrected chi connectivity index (χ3v) is 6.49. The third kappa shape index (κ3) is 7.01. The number of amides is 2. The van der Waals surface area contributed by atoms with Gasteiger partial charge in [0, 0.05) is 62.1 Å². The van der Waals surface area contributed by atoms with Crippen LogP contribution in [-0.4, -0.2) is 57.9 Å². The lowest BCUT2D eigenvalue weighted by Gasteiger charge is -2.34. The average Bonchev–Trinajstić information content (AvgIpc) is 3.24. The molecule has 3 rings (SSSR count). The van der Waals surface area contributed by atoms with Crippen LogP contribution in [0, 0.1) is 5.92 Å². The van der Waals surface area contributed by atoms with Crippen molar-refractivity contribution in [2.24, 2.45) is 5.92 Å². The summed E-state index contributed by atoms with van der Waals surface area (Å²) in [5.41, 5.74) is -0.878. The van der Waals surface area contributed by atoms with Gasteiger partial charge in [-0.1, -0.05) is 19.9 Å². The highest BCUT2D eigenvalue weighted by molar-refractivity contribution is 7.09. The molecule has 0 spiro atoms. The fraction of sp³-hybridized carbons (Fsp3) is 0.560. The highest BCUT2D eigenvalue weighted by Gasteiger charge is 2.27. The molecule has 2 amide bonds. The van der Waals surface area contributed by atoms with Crippen LogP contribution in [0.25, 0.3) is 0 Å². The summed E-state index contributed by atoms with van der Waals surface area (Å²) in [5.74, 6) is -0.271. The summed E-state index contributed by atoms with van der Waals surface area (Å²) in [6, 6.07) is 4.17. The number of aryl methyl sites for hydroxylation is 1. The molecule has 1 N–H and O–H groups in total. The Hall–Kier alpha value is -2.45. The van der Waals surface area contributed by atoms with E-state index in [0.717, 1.165) is 26.1 Å². The predicted molar refractivity (Wildman–Crippen MR) is 133 cm³/mol. The van der Waals surface area contributed by atoms with Gasteiger partial charge in [-0.15, -0.1) is 11.3 Å². The van der Waals surface area contributed by atoms with Crippen molar-refractivity contribution in [3.05, 3.63) is 56.1 Å². The topological polar surface area (TPSA) is 74.6 Å². The molecular formula is C25H36N4O3S. The van der Waals surface area contributed by atoms with Gasteiger partial charge in [-0.2, -0.15) is 0 Å². The quantitative estimate of drug-likeness (QED) is 0.670. The number of piperazine rings is 1. The highest BCUT2D eigenvalue weighted by atomic mass is 32.1. The van der Waals surface area contributed by atoms with Gasteiger partial charge in [-0.05, 0) is 44.6 Å². The monoisotopic (exact) mass is 472 g/mol. The van der Waals surface area contributed by atoms with Gasteiger partial charge < -0.3 is 14.8 Å². The SMILES string of the molecule is CC(C)CCn1cc(C(=O)NC(C)(C)C)c(=O)c(C(=O)N2CCN(Cc3cccs3)CC2)c1. The Morgan fingerprint density at radius 3 is 2.33 bits per heavy atom. The third-order valence-electron chi connectivity index (χ3n) is 5.63. The summed E-state index contributed by atoms with van der Waals surface area (Å²) in [4.78, 5) is 44.8. The lowest BCUT2D eigenvalue weighted by atomic mass is 10.1. The molecule has 8 heteroatoms. The van der Waals surface area contributed by atoms with Crippen LogP contribution in [-0.2, 0) is 13.1 Å². The Bertz CT molecular complexity index is 1010. The van der Waals surface area contributed by atoms with Crippen LogP contribution in [0.3, 0.4) is 0 Å². The zero-order valence-corrected chi connectivity index (χ0v) is 21.2. The second-order valence-electron chi connectivity index (χ2n) is 10.2. The normalized spacial score (nSPS) is 15.2. The maximum atomic E-state index is 13.4. The van der Waals surface area contributed by atoms with Gasteiger partial charge in [0.25, 0.3) is 11.8 Å². The summed E-state index contributed by atoms with van der Waals surface area (Å²) < 4.78 is 1.82. The molecule has 180 valence electrons. The molecule has 1 aliphatic heterocycles. The number of hydrogen-bond donors (Lipinski definition) is 1. The number of rotatable bonds is 7. The van der Waals surface area contributed by atoms with Crippen molar-refractivity contribution in [1.82, 2.24) is 19.7 Å². The van der Waals surface area contributed by atoms with Gasteiger partial charge in [0.15, 0.2) is 0 Å². The van der Waals surface area contributed by atoms with Crippen molar-refractivity contribution in [3.63, 3.8) is 0 Å². The zero-order chi connectivity index (χ0) is 24.2. The van der Waals surface area contributed by atoms with Gasteiger partial charge in [-0.25, -0.2) is 0 Å². The van der Waals surface area contributed by atoms with Crippen molar-refractivity contribution < 1.29 is 9.59 Å². The van der Waals surface area contributed by atoms with Crippen LogP contribution < -0.4 is 10.7 Å². The molecule has 0 radical (unpaired) electrons. The fourth-order valence-corrected chi connectivity index (χ4v) is 4.54. The molecule has 1 saturated heterocycles. The van der Waals surface area contributed by atoms with Crippen molar-refractivity contribution in [3.8, 4) is 0 Å². The van der Waals surface area contributed by atoms with Crippen LogP contribution in [0.1, 0.15) is 66.6 Å². The first kappa shape index (κ1) is 25.2. The maximum absolute atomic E-state index is 13.4. The molecule has 0 atom stereocenters. The second-order valence-corrected chi connectivity index (χ2v) is 11.2. The number of aromatic nitrogens is 1. The van der Waals surface area contributed by atoms with E-state index in [2.05, 4.69) is 35.5 Å². The molecular weight excluding hydrogens is 436 g/mol. The number of carbonyl (C=O) groups is 2. The van der Waals surface area contributed by atoms with Crippen molar-refractivity contribution in [2.75, 3.05) is 26.2 Å². The molecule has 0 saturated carbocycles. The van der Waals surface area contributed by atoms with Crippen LogP contribution in [0.2, 0.25) is 0 Å². The molecule has 0 bridgehead atoms. The van der Waals surface area contributed by atoms with Crippen LogP contribution >= 0.6 is 11.3 Å². The van der Waals surface area contributed by atoms with Crippen molar-refractivity contribution in [2.45, 2.75) is 59.7 Å². The van der Waals surface area contributed by atoms with E-state index in [0.29, 0.717) is 25.6 Å². The number of carbonyl (C=O) groups excluding carboxylic acids is 2. The molecule has 33 heavy (non-hydrogen) atoms. The van der Waals surface area contributed by atoms with E-state index in [9.17, 15) is 14.4 Å². The average molecular weight is 473 g/mol. The Morgan fingerprint density at radius 1 is 1.09 bits per heavy atom. The van der Waals surface area contributed by atoms with E-state index in [1.807, 2.05) is 31.4 Å². The number of pyridine rings is 1. The summed E-state index contributed by atoms with van der Waals surface area (Å²) in [6.45, 7) is 14.0. The van der Waals surface area contributed by atoms with E-state index < -0.39 is 16.9 Å². The second kappa shape index (κ2) is 10.7. The van der Waals surface area contributed by atoms with Crippen molar-refractivity contribution >= 4 is 23.2 Å². The van der Waals surface area contributed by atoms with E-state index in [1.54, 1.807) is 28.6 Å². The summed E-state index contributed by atoms with van der Waals surface area (Å²) in [5, 5.41) is 4.93. The molecule has 0 aliphatic carbocycles. The van der Waals surface area contributed by atoms with Crippen LogP contribution in [0.5, 0.6) is 0 Å². The van der Waals surface area contributed by atoms with E-state index in [4.69, 9.17) is 0 Å². The van der Waals surface area contributed by atoms with Gasteiger partial charge in [0.05, 0.1) is 0 Å². The molecule has 0 aromatic carbocycles. The number of hydrogen-bond acceptors (Lipinski definition) is 5. The smallest absolute Gasteiger partial charge is 0.259 e. The first-order valence-corrected chi connectivity index (χ1v) is 12.5. The largest absolute Gasteiger partial charge is 0.352 e. The zero-order valence-electron chi connectivity index (χ0n) is 20.4. The Balaban J connectivity index is 1.80. The first-order chi connectivity index (χ1) is 15.5. The number of thiophene rings is 1. The lowest BCUT2D eigenvalue weighted by molar-refractivity contribution is 0.0627. The maximum Gasteiger partial charge on any atom is 0.259 e. The van der Waals surface area contributed by atoms with Gasteiger partial charge in [-0.3, -0.25) is 19.3 Å². The van der Waals surface area contributed by atoms with Crippen molar-refractivity contribution in [1.29, 1.82) is 0 Å². The highest BCUT2D eigenvalue weighted by Crippen LogP contribution is 2.15. The minimum absolute atomic E-state index is 0.0239. The standard InChI is InChI=1S/C25H36N4O3S/c1-18(2)8-9-28-16-20(23(31)26-25(3,4)5)22(30)21(17-28)24(32)29-12-10-27(11-13-29)15-19-7-6-14-33-19/h6-7,14,16-18H,8-13,15H2,1-5H3,(H,26,31). The minimum atomic E-state index is -0.497. The molecule has 2 aromatic heterocycles. The van der Waals surface area contributed by atoms with Gasteiger partial charge >= 0.3 is 0 Å². The Kier molecular flexibility index (Phi) is 8.13. The predicted octanol–water partition coefficient (Wildman–Crippen LogP) is 3.44. The molecule has 3 heterocycles. The molecule has 1 aliphatic rings. The number of nitrogens with one attached hydrogen (secondary N) is 1. The first-order valence-electron chi connectivity index (χ1n) is 11.6. The lowest BCUT2D eigenvalue weighted by Crippen LogP contribution is -2.49. The summed E-state index contributed by atoms with van der Waals surface area (Å²) in [6.07, 6.45) is 4.10. The van der Waals surface area contributed by atoms with Gasteiger partial charge in [0.1, 0.15) is 11.1 Å². The Morgan fingerprint density at radius 2 is 1.76 bits per heavy atom. The minimum Gasteiger partial charge on any atom is -0.352 e. The van der Waals surface area contributed by atoms with E-state index in [-0.39, 0.29) is 17.0 Å². The van der Waals surface area contributed by atoms with E-state index >= 15 is 0 Å². The van der Waals surface area contributed by atoms with Crippen LogP contribution in [0.4, 0.5) is 0 Å². The van der Waals surface area contributed by atoms with Crippen LogP contribution in [0.15, 0.2) is 34.7 Å². The summed E-state index contributed by atoms with van der Waals surface area (Å²) in [7, 11) is 0. The molecule has 1 fully saturated rings. The van der Waals surface area contributed by atoms with Gasteiger partial charge in [0.2, 0.25) is 5.43 Å². The van der Waals surface area contributed by atoms with E-state index in [1.165, 1.54) is 4.88 Å². The number of nitrogens with zero attached hydrogens (tertiary/aromatic N) is 3. The summed E-state index contributed by atoms with van der Waals surface area (Å²) >= 11 is 1.73. The molecule has 2 aromatic rings. The molecule has 0 unspecified atom stereocenters.